The van der Waals surface area contributed by atoms with Gasteiger partial charge in [-0.05, 0) is 18.9 Å². The Kier molecular flexibility index (Phi) is 4.13. The monoisotopic (exact) mass is 192 g/mol. The smallest absolute Gasteiger partial charge is 0.233 e. The van der Waals surface area contributed by atoms with Crippen molar-refractivity contribution in [2.24, 2.45) is 5.73 Å². The van der Waals surface area contributed by atoms with E-state index in [0.29, 0.717) is 6.54 Å². The van der Waals surface area contributed by atoms with E-state index >= 15 is 0 Å². The van der Waals surface area contributed by atoms with Gasteiger partial charge in [-0.1, -0.05) is 29.8 Å². The van der Waals surface area contributed by atoms with Crippen molar-refractivity contribution in [2.75, 3.05) is 13.1 Å². The Labute approximate surface area is 84.3 Å². The fourth-order valence-corrected chi connectivity index (χ4v) is 1.29. The molecule has 0 aliphatic heterocycles. The Balaban J connectivity index is 2.35. The lowest BCUT2D eigenvalue weighted by atomic mass is 10.1. The molecule has 0 aliphatic rings. The fraction of sp³-hybridized carbons (Fsp3) is 0.364. The number of aryl methyl sites for hydroxylation is 1. The number of carbonyl (C=O) groups is 1. The van der Waals surface area contributed by atoms with E-state index in [1.54, 1.807) is 0 Å². The zero-order valence-corrected chi connectivity index (χ0v) is 8.42. The van der Waals surface area contributed by atoms with E-state index in [9.17, 15) is 4.79 Å². The fourth-order valence-electron chi connectivity index (χ4n) is 1.29. The second-order valence-electron chi connectivity index (χ2n) is 3.29. The molecule has 1 aromatic carbocycles. The van der Waals surface area contributed by atoms with Crippen LogP contribution in [0.1, 0.15) is 11.1 Å². The van der Waals surface area contributed by atoms with Crippen molar-refractivity contribution >= 4 is 5.91 Å². The lowest BCUT2D eigenvalue weighted by Gasteiger charge is -2.04. The van der Waals surface area contributed by atoms with Crippen LogP contribution in [-0.4, -0.2) is 19.0 Å². The Morgan fingerprint density at radius 3 is 2.93 bits per heavy atom. The van der Waals surface area contributed by atoms with E-state index < -0.39 is 0 Å². The van der Waals surface area contributed by atoms with E-state index in [4.69, 9.17) is 5.73 Å². The molecular formula is C11H16N2O. The standard InChI is InChI=1S/C11H16N2O/c1-9-3-2-4-10(7-9)5-6-13-11(14)8-12/h2-4,7H,5-6,8,12H2,1H3,(H,13,14). The lowest BCUT2D eigenvalue weighted by Crippen LogP contribution is -2.31. The molecule has 14 heavy (non-hydrogen) atoms. The maximum absolute atomic E-state index is 10.8. The summed E-state index contributed by atoms with van der Waals surface area (Å²) in [5.74, 6) is -0.0994. The molecule has 1 rings (SSSR count). The van der Waals surface area contributed by atoms with Crippen molar-refractivity contribution in [3.63, 3.8) is 0 Å². The number of hydrogen-bond acceptors (Lipinski definition) is 2. The molecule has 0 radical (unpaired) electrons. The molecule has 3 nitrogen and oxygen atoms in total. The van der Waals surface area contributed by atoms with Gasteiger partial charge in [0.1, 0.15) is 0 Å². The second kappa shape index (κ2) is 5.40. The molecule has 0 saturated heterocycles. The number of benzene rings is 1. The first-order valence-corrected chi connectivity index (χ1v) is 4.74. The molecule has 0 heterocycles. The molecule has 0 spiro atoms. The molecule has 1 aromatic rings. The van der Waals surface area contributed by atoms with Crippen LogP contribution in [0.2, 0.25) is 0 Å². The average Bonchev–Trinajstić information content (AvgIpc) is 2.17. The third-order valence-electron chi connectivity index (χ3n) is 2.00. The van der Waals surface area contributed by atoms with Crippen LogP contribution < -0.4 is 11.1 Å². The molecule has 3 heteroatoms. The van der Waals surface area contributed by atoms with Crippen molar-refractivity contribution in [1.82, 2.24) is 5.32 Å². The molecule has 76 valence electrons. The second-order valence-corrected chi connectivity index (χ2v) is 3.29. The Hall–Kier alpha value is -1.35. The van der Waals surface area contributed by atoms with Gasteiger partial charge in [0.05, 0.1) is 6.54 Å². The summed E-state index contributed by atoms with van der Waals surface area (Å²) in [6.45, 7) is 2.77. The van der Waals surface area contributed by atoms with Crippen molar-refractivity contribution < 1.29 is 4.79 Å². The van der Waals surface area contributed by atoms with E-state index in [0.717, 1.165) is 6.42 Å². The Morgan fingerprint density at radius 2 is 2.29 bits per heavy atom. The molecule has 0 unspecified atom stereocenters. The predicted molar refractivity (Wildman–Crippen MR) is 56.9 cm³/mol. The van der Waals surface area contributed by atoms with Crippen molar-refractivity contribution in [3.8, 4) is 0 Å². The molecule has 0 aromatic heterocycles. The van der Waals surface area contributed by atoms with Gasteiger partial charge in [0.2, 0.25) is 5.91 Å². The van der Waals surface area contributed by atoms with Crippen molar-refractivity contribution in [2.45, 2.75) is 13.3 Å². The van der Waals surface area contributed by atoms with E-state index in [2.05, 4.69) is 30.4 Å². The molecular weight excluding hydrogens is 176 g/mol. The number of nitrogens with one attached hydrogen (secondary N) is 1. The van der Waals surface area contributed by atoms with Crippen LogP contribution in [0.5, 0.6) is 0 Å². The normalized spacial score (nSPS) is 9.86. The quantitative estimate of drug-likeness (QED) is 0.734. The highest BCUT2D eigenvalue weighted by atomic mass is 16.1. The van der Waals surface area contributed by atoms with E-state index in [1.807, 2.05) is 6.07 Å². The minimum Gasteiger partial charge on any atom is -0.355 e. The minimum atomic E-state index is -0.0994. The van der Waals surface area contributed by atoms with E-state index in [1.165, 1.54) is 11.1 Å². The highest BCUT2D eigenvalue weighted by molar-refractivity contribution is 5.77. The summed E-state index contributed by atoms with van der Waals surface area (Å²) in [5.41, 5.74) is 7.65. The van der Waals surface area contributed by atoms with Gasteiger partial charge in [0, 0.05) is 6.54 Å². The Morgan fingerprint density at radius 1 is 1.50 bits per heavy atom. The number of carbonyl (C=O) groups excluding carboxylic acids is 1. The van der Waals surface area contributed by atoms with Gasteiger partial charge >= 0.3 is 0 Å². The van der Waals surface area contributed by atoms with Crippen molar-refractivity contribution in [1.29, 1.82) is 0 Å². The van der Waals surface area contributed by atoms with Crippen LogP contribution in [0.4, 0.5) is 0 Å². The first-order valence-electron chi connectivity index (χ1n) is 4.74. The number of rotatable bonds is 4. The summed E-state index contributed by atoms with van der Waals surface area (Å²) in [4.78, 5) is 10.8. The maximum Gasteiger partial charge on any atom is 0.233 e. The van der Waals surface area contributed by atoms with Crippen LogP contribution in [0, 0.1) is 6.92 Å². The largest absolute Gasteiger partial charge is 0.355 e. The van der Waals surface area contributed by atoms with Crippen molar-refractivity contribution in [3.05, 3.63) is 35.4 Å². The van der Waals surface area contributed by atoms with Crippen LogP contribution >= 0.6 is 0 Å². The maximum atomic E-state index is 10.8. The van der Waals surface area contributed by atoms with Gasteiger partial charge < -0.3 is 11.1 Å². The third kappa shape index (κ3) is 3.58. The third-order valence-corrected chi connectivity index (χ3v) is 2.00. The van der Waals surface area contributed by atoms with Crippen LogP contribution in [0.3, 0.4) is 0 Å². The van der Waals surface area contributed by atoms with Gasteiger partial charge in [-0.3, -0.25) is 4.79 Å². The summed E-state index contributed by atoms with van der Waals surface area (Å²) in [5, 5.41) is 2.74. The first kappa shape index (κ1) is 10.7. The number of hydrogen-bond donors (Lipinski definition) is 2. The summed E-state index contributed by atoms with van der Waals surface area (Å²) in [6, 6.07) is 8.26. The Bertz CT molecular complexity index is 310. The summed E-state index contributed by atoms with van der Waals surface area (Å²) in [6.07, 6.45) is 0.855. The molecule has 3 N–H and O–H groups in total. The van der Waals surface area contributed by atoms with Gasteiger partial charge in [-0.2, -0.15) is 0 Å². The highest BCUT2D eigenvalue weighted by Gasteiger charge is 1.96. The van der Waals surface area contributed by atoms with E-state index in [-0.39, 0.29) is 12.5 Å². The van der Waals surface area contributed by atoms with Crippen LogP contribution in [-0.2, 0) is 11.2 Å². The summed E-state index contributed by atoms with van der Waals surface area (Å²) in [7, 11) is 0. The zero-order valence-electron chi connectivity index (χ0n) is 8.42. The SMILES string of the molecule is Cc1cccc(CCNC(=O)CN)c1. The summed E-state index contributed by atoms with van der Waals surface area (Å²) < 4.78 is 0. The van der Waals surface area contributed by atoms with Gasteiger partial charge in [0.15, 0.2) is 0 Å². The molecule has 0 aliphatic carbocycles. The molecule has 1 amide bonds. The molecule has 0 fully saturated rings. The zero-order chi connectivity index (χ0) is 10.4. The van der Waals surface area contributed by atoms with Crippen LogP contribution in [0.25, 0.3) is 0 Å². The number of amides is 1. The van der Waals surface area contributed by atoms with Gasteiger partial charge in [-0.25, -0.2) is 0 Å². The van der Waals surface area contributed by atoms with Gasteiger partial charge in [0.25, 0.3) is 0 Å². The topological polar surface area (TPSA) is 55.1 Å². The minimum absolute atomic E-state index is 0.0633. The highest BCUT2D eigenvalue weighted by Crippen LogP contribution is 2.03. The predicted octanol–water partition coefficient (Wildman–Crippen LogP) is 0.612. The van der Waals surface area contributed by atoms with Gasteiger partial charge in [-0.15, -0.1) is 0 Å². The lowest BCUT2D eigenvalue weighted by molar-refractivity contribution is -0.119. The summed E-state index contributed by atoms with van der Waals surface area (Å²) >= 11 is 0. The average molecular weight is 192 g/mol. The van der Waals surface area contributed by atoms with Crippen LogP contribution in [0.15, 0.2) is 24.3 Å². The molecule has 0 saturated carbocycles. The first-order chi connectivity index (χ1) is 6.72. The molecule has 0 atom stereocenters. The number of nitrogens with two attached hydrogens (primary N) is 1. The molecule has 0 bridgehead atoms.